The maximum absolute atomic E-state index is 5.89. The Kier molecular flexibility index (Phi) is 3.92. The molecule has 4 rings (SSSR count). The lowest BCUT2D eigenvalue weighted by atomic mass is 10.2. The van der Waals surface area contributed by atoms with Gasteiger partial charge in [0.05, 0.1) is 29.9 Å². The van der Waals surface area contributed by atoms with E-state index in [1.165, 1.54) is 0 Å². The summed E-state index contributed by atoms with van der Waals surface area (Å²) in [6.45, 7) is 3.17. The SMILES string of the molecule is Cn1c(CN2CCOC(c3cccc(N)n3)C2)nc2ccccc21. The fraction of sp³-hybridized carbons (Fsp3) is 0.333. The first-order valence-electron chi connectivity index (χ1n) is 8.17. The lowest BCUT2D eigenvalue weighted by Gasteiger charge is -2.32. The summed E-state index contributed by atoms with van der Waals surface area (Å²) in [6.07, 6.45) is -0.0445. The largest absolute Gasteiger partial charge is 0.384 e. The van der Waals surface area contributed by atoms with Crippen molar-refractivity contribution in [2.24, 2.45) is 7.05 Å². The maximum atomic E-state index is 5.89. The molecule has 3 aromatic rings. The molecule has 1 unspecified atom stereocenters. The molecule has 1 atom stereocenters. The number of aromatic nitrogens is 3. The van der Waals surface area contributed by atoms with Crippen molar-refractivity contribution in [3.05, 3.63) is 54.0 Å². The highest BCUT2D eigenvalue weighted by atomic mass is 16.5. The van der Waals surface area contributed by atoms with Gasteiger partial charge in [-0.15, -0.1) is 0 Å². The van der Waals surface area contributed by atoms with Gasteiger partial charge in [0.15, 0.2) is 0 Å². The summed E-state index contributed by atoms with van der Waals surface area (Å²) in [4.78, 5) is 11.5. The zero-order valence-electron chi connectivity index (χ0n) is 13.7. The standard InChI is InChI=1S/C18H21N5O/c1-22-15-7-3-2-5-13(15)21-18(22)12-23-9-10-24-16(11-23)14-6-4-8-17(19)20-14/h2-8,16H,9-12H2,1H3,(H2,19,20). The Morgan fingerprint density at radius 1 is 1.17 bits per heavy atom. The molecule has 1 saturated heterocycles. The second kappa shape index (κ2) is 6.22. The summed E-state index contributed by atoms with van der Waals surface area (Å²) in [5, 5.41) is 0. The number of anilines is 1. The molecule has 0 spiro atoms. The molecule has 1 fully saturated rings. The number of ether oxygens (including phenoxy) is 1. The number of aryl methyl sites for hydroxylation is 1. The van der Waals surface area contributed by atoms with E-state index in [-0.39, 0.29) is 6.10 Å². The summed E-state index contributed by atoms with van der Waals surface area (Å²) in [5.41, 5.74) is 8.89. The van der Waals surface area contributed by atoms with Crippen molar-refractivity contribution < 1.29 is 4.74 Å². The summed E-state index contributed by atoms with van der Waals surface area (Å²) in [6, 6.07) is 13.9. The van der Waals surface area contributed by atoms with Gasteiger partial charge in [-0.2, -0.15) is 0 Å². The number of imidazole rings is 1. The molecule has 2 N–H and O–H groups in total. The van der Waals surface area contributed by atoms with Crippen LogP contribution in [-0.4, -0.2) is 39.1 Å². The van der Waals surface area contributed by atoms with Gasteiger partial charge in [-0.3, -0.25) is 4.90 Å². The van der Waals surface area contributed by atoms with Crippen molar-refractivity contribution in [1.82, 2.24) is 19.4 Å². The summed E-state index contributed by atoms with van der Waals surface area (Å²) in [5.74, 6) is 1.60. The van der Waals surface area contributed by atoms with Crippen molar-refractivity contribution in [2.75, 3.05) is 25.4 Å². The number of hydrogen-bond acceptors (Lipinski definition) is 5. The zero-order valence-corrected chi connectivity index (χ0v) is 13.7. The molecule has 1 aromatic carbocycles. The molecule has 3 heterocycles. The Morgan fingerprint density at radius 2 is 2.04 bits per heavy atom. The van der Waals surface area contributed by atoms with Crippen molar-refractivity contribution in [1.29, 1.82) is 0 Å². The van der Waals surface area contributed by atoms with E-state index >= 15 is 0 Å². The van der Waals surface area contributed by atoms with Crippen molar-refractivity contribution in [3.63, 3.8) is 0 Å². The van der Waals surface area contributed by atoms with E-state index in [1.807, 2.05) is 24.3 Å². The predicted molar refractivity (Wildman–Crippen MR) is 93.3 cm³/mol. The first-order valence-corrected chi connectivity index (χ1v) is 8.17. The highest BCUT2D eigenvalue weighted by Gasteiger charge is 2.24. The third-order valence-electron chi connectivity index (χ3n) is 4.52. The number of nitrogen functional groups attached to an aromatic ring is 1. The molecule has 0 radical (unpaired) electrons. The molecule has 124 valence electrons. The third-order valence-corrected chi connectivity index (χ3v) is 4.52. The number of nitrogens with zero attached hydrogens (tertiary/aromatic N) is 4. The van der Waals surface area contributed by atoms with Crippen LogP contribution >= 0.6 is 0 Å². The minimum absolute atomic E-state index is 0.0445. The molecular weight excluding hydrogens is 302 g/mol. The fourth-order valence-electron chi connectivity index (χ4n) is 3.21. The van der Waals surface area contributed by atoms with Gasteiger partial charge in [0, 0.05) is 20.1 Å². The smallest absolute Gasteiger partial charge is 0.123 e. The van der Waals surface area contributed by atoms with Crippen LogP contribution < -0.4 is 5.73 Å². The number of para-hydroxylation sites is 2. The van der Waals surface area contributed by atoms with Gasteiger partial charge in [-0.1, -0.05) is 18.2 Å². The van der Waals surface area contributed by atoms with E-state index in [0.29, 0.717) is 12.4 Å². The quantitative estimate of drug-likeness (QED) is 0.799. The number of benzene rings is 1. The van der Waals surface area contributed by atoms with Gasteiger partial charge in [-0.05, 0) is 24.3 Å². The van der Waals surface area contributed by atoms with Crippen LogP contribution in [0, 0.1) is 0 Å². The van der Waals surface area contributed by atoms with Crippen LogP contribution in [0.1, 0.15) is 17.6 Å². The molecule has 0 aliphatic carbocycles. The second-order valence-corrected chi connectivity index (χ2v) is 6.16. The molecular formula is C18H21N5O. The van der Waals surface area contributed by atoms with E-state index in [1.54, 1.807) is 6.07 Å². The van der Waals surface area contributed by atoms with E-state index in [9.17, 15) is 0 Å². The Balaban J connectivity index is 1.53. The van der Waals surface area contributed by atoms with Crippen molar-refractivity contribution in [2.45, 2.75) is 12.6 Å². The lowest BCUT2D eigenvalue weighted by Crippen LogP contribution is -2.38. The predicted octanol–water partition coefficient (Wildman–Crippen LogP) is 2.12. The number of hydrogen-bond donors (Lipinski definition) is 1. The van der Waals surface area contributed by atoms with Gasteiger partial charge in [0.1, 0.15) is 17.7 Å². The Hall–Kier alpha value is -2.44. The number of nitrogens with two attached hydrogens (primary N) is 1. The summed E-state index contributed by atoms with van der Waals surface area (Å²) < 4.78 is 8.05. The molecule has 0 saturated carbocycles. The van der Waals surface area contributed by atoms with Gasteiger partial charge < -0.3 is 15.0 Å². The van der Waals surface area contributed by atoms with Crippen LogP contribution in [0.4, 0.5) is 5.82 Å². The number of fused-ring (bicyclic) bond motifs is 1. The third kappa shape index (κ3) is 2.86. The van der Waals surface area contributed by atoms with Crippen LogP contribution in [0.3, 0.4) is 0 Å². The first kappa shape index (κ1) is 15.1. The Bertz CT molecular complexity index is 859. The first-order chi connectivity index (χ1) is 11.7. The molecule has 0 bridgehead atoms. The monoisotopic (exact) mass is 323 g/mol. The average Bonchev–Trinajstić information content (AvgIpc) is 2.91. The van der Waals surface area contributed by atoms with Gasteiger partial charge in [0.25, 0.3) is 0 Å². The minimum Gasteiger partial charge on any atom is -0.384 e. The van der Waals surface area contributed by atoms with E-state index in [4.69, 9.17) is 15.5 Å². The van der Waals surface area contributed by atoms with Crippen LogP contribution in [0.25, 0.3) is 11.0 Å². The Labute approximate surface area is 140 Å². The normalized spacial score (nSPS) is 19.0. The molecule has 6 nitrogen and oxygen atoms in total. The van der Waals surface area contributed by atoms with Crippen LogP contribution in [0.2, 0.25) is 0 Å². The van der Waals surface area contributed by atoms with E-state index in [2.05, 4.69) is 33.6 Å². The van der Waals surface area contributed by atoms with E-state index in [0.717, 1.165) is 42.2 Å². The van der Waals surface area contributed by atoms with Gasteiger partial charge >= 0.3 is 0 Å². The van der Waals surface area contributed by atoms with E-state index < -0.39 is 0 Å². The fourth-order valence-corrected chi connectivity index (χ4v) is 3.21. The minimum atomic E-state index is -0.0445. The van der Waals surface area contributed by atoms with Crippen LogP contribution in [0.15, 0.2) is 42.5 Å². The number of rotatable bonds is 3. The number of morpholine rings is 1. The molecule has 2 aromatic heterocycles. The highest BCUT2D eigenvalue weighted by Crippen LogP contribution is 2.23. The lowest BCUT2D eigenvalue weighted by molar-refractivity contribution is -0.0358. The second-order valence-electron chi connectivity index (χ2n) is 6.16. The molecule has 6 heteroatoms. The highest BCUT2D eigenvalue weighted by molar-refractivity contribution is 5.75. The summed E-state index contributed by atoms with van der Waals surface area (Å²) >= 11 is 0. The van der Waals surface area contributed by atoms with Gasteiger partial charge in [0.2, 0.25) is 0 Å². The van der Waals surface area contributed by atoms with Crippen LogP contribution in [0.5, 0.6) is 0 Å². The maximum Gasteiger partial charge on any atom is 0.123 e. The Morgan fingerprint density at radius 3 is 2.88 bits per heavy atom. The molecule has 24 heavy (non-hydrogen) atoms. The van der Waals surface area contributed by atoms with Crippen molar-refractivity contribution in [3.8, 4) is 0 Å². The molecule has 1 aliphatic rings. The topological polar surface area (TPSA) is 69.2 Å². The number of pyridine rings is 1. The summed E-state index contributed by atoms with van der Waals surface area (Å²) in [7, 11) is 2.07. The van der Waals surface area contributed by atoms with Crippen molar-refractivity contribution >= 4 is 16.9 Å². The zero-order chi connectivity index (χ0) is 16.5. The van der Waals surface area contributed by atoms with Crippen LogP contribution in [-0.2, 0) is 18.3 Å². The van der Waals surface area contributed by atoms with Gasteiger partial charge in [-0.25, -0.2) is 9.97 Å². The molecule has 1 aliphatic heterocycles. The molecule has 0 amide bonds. The average molecular weight is 323 g/mol.